The molecule has 2 N–H and O–H groups in total. The largest absolute Gasteiger partial charge is 0.388 e. The number of likely N-dealkylation sites (tertiary alicyclic amines) is 1. The van der Waals surface area contributed by atoms with Crippen molar-refractivity contribution in [2.75, 3.05) is 38.5 Å². The highest BCUT2D eigenvalue weighted by molar-refractivity contribution is 6.30. The number of aryl methyl sites for hydroxylation is 2. The van der Waals surface area contributed by atoms with Gasteiger partial charge < -0.3 is 15.4 Å². The van der Waals surface area contributed by atoms with E-state index < -0.39 is 0 Å². The van der Waals surface area contributed by atoms with Crippen LogP contribution in [-0.2, 0) is 16.0 Å². The molecule has 4 rings (SSSR count). The molecule has 1 heterocycles. The molecule has 0 radical (unpaired) electrons. The third-order valence-electron chi connectivity index (χ3n) is 6.38. The lowest BCUT2D eigenvalue weighted by atomic mass is 10.0. The topological polar surface area (TPSA) is 61.4 Å². The van der Waals surface area contributed by atoms with E-state index in [0.29, 0.717) is 12.8 Å². The molecule has 0 unspecified atom stereocenters. The number of halogens is 1. The van der Waals surface area contributed by atoms with Gasteiger partial charge in [0.25, 0.3) is 0 Å². The van der Waals surface area contributed by atoms with Crippen LogP contribution < -0.4 is 10.6 Å². The van der Waals surface area contributed by atoms with Crippen LogP contribution in [0.4, 0.5) is 5.69 Å². The molecule has 5 nitrogen and oxygen atoms in total. The van der Waals surface area contributed by atoms with Crippen LogP contribution in [0.2, 0.25) is 5.02 Å². The maximum absolute atomic E-state index is 11.2. The monoisotopic (exact) mass is 589 g/mol. The normalized spacial score (nSPS) is 12.0. The Balaban J connectivity index is 0.000000316. The Labute approximate surface area is 259 Å². The molecular formula is C36H48ClN3O2. The van der Waals surface area contributed by atoms with Crippen LogP contribution in [0.1, 0.15) is 63.1 Å². The second-order valence-electron chi connectivity index (χ2n) is 9.75. The molecule has 0 saturated carbocycles. The van der Waals surface area contributed by atoms with Gasteiger partial charge in [0.05, 0.1) is 13.1 Å². The van der Waals surface area contributed by atoms with E-state index in [1.54, 1.807) is 0 Å². The van der Waals surface area contributed by atoms with Crippen LogP contribution in [0.5, 0.6) is 0 Å². The van der Waals surface area contributed by atoms with E-state index in [-0.39, 0.29) is 12.5 Å². The van der Waals surface area contributed by atoms with Gasteiger partial charge in [-0.15, -0.1) is 6.42 Å². The minimum atomic E-state index is -0.0472. The van der Waals surface area contributed by atoms with E-state index in [1.807, 2.05) is 58.2 Å². The number of benzene rings is 3. The SMILES string of the molecule is C#Cc1cccc(-c2ccc(CCC)cc2)c1.CC.CNc1cc(C)cc(Cl)c1.O=CCNC(=O)CN1CCCCC1. The Hall–Kier alpha value is -3.59. The number of hydrogen-bond acceptors (Lipinski definition) is 4. The van der Waals surface area contributed by atoms with Crippen LogP contribution in [0.15, 0.2) is 66.7 Å². The molecule has 3 aromatic rings. The van der Waals surface area contributed by atoms with Crippen molar-refractivity contribution in [3.63, 3.8) is 0 Å². The van der Waals surface area contributed by atoms with Crippen molar-refractivity contribution in [3.8, 4) is 23.5 Å². The zero-order valence-electron chi connectivity index (χ0n) is 26.0. The van der Waals surface area contributed by atoms with Crippen molar-refractivity contribution in [1.29, 1.82) is 0 Å². The summed E-state index contributed by atoms with van der Waals surface area (Å²) in [6, 6.07) is 22.7. The highest BCUT2D eigenvalue weighted by Crippen LogP contribution is 2.21. The molecule has 1 amide bonds. The first-order valence-corrected chi connectivity index (χ1v) is 15.3. The van der Waals surface area contributed by atoms with Gasteiger partial charge in [0, 0.05) is 23.3 Å². The number of nitrogens with zero attached hydrogens (tertiary/aromatic N) is 1. The molecule has 1 aliphatic heterocycles. The predicted molar refractivity (Wildman–Crippen MR) is 180 cm³/mol. The maximum Gasteiger partial charge on any atom is 0.234 e. The molecule has 1 aliphatic rings. The molecule has 226 valence electrons. The average Bonchev–Trinajstić information content (AvgIpc) is 3.02. The summed E-state index contributed by atoms with van der Waals surface area (Å²) in [5.41, 5.74) is 6.97. The molecule has 1 fully saturated rings. The smallest absolute Gasteiger partial charge is 0.234 e. The highest BCUT2D eigenvalue weighted by atomic mass is 35.5. The molecule has 3 aromatic carbocycles. The zero-order valence-corrected chi connectivity index (χ0v) is 26.8. The number of hydrogen-bond donors (Lipinski definition) is 2. The number of aldehydes is 1. The molecule has 0 atom stereocenters. The summed E-state index contributed by atoms with van der Waals surface area (Å²) in [4.78, 5) is 23.3. The fraction of sp³-hybridized carbons (Fsp3) is 0.389. The van der Waals surface area contributed by atoms with Crippen molar-refractivity contribution in [1.82, 2.24) is 10.2 Å². The van der Waals surface area contributed by atoms with Crippen LogP contribution >= 0.6 is 11.6 Å². The number of piperidine rings is 1. The van der Waals surface area contributed by atoms with Gasteiger partial charge >= 0.3 is 0 Å². The van der Waals surface area contributed by atoms with Gasteiger partial charge in [-0.05, 0) is 91.9 Å². The third-order valence-corrected chi connectivity index (χ3v) is 6.60. The summed E-state index contributed by atoms with van der Waals surface area (Å²) >= 11 is 5.79. The molecular weight excluding hydrogens is 542 g/mol. The van der Waals surface area contributed by atoms with E-state index in [9.17, 15) is 9.59 Å². The van der Waals surface area contributed by atoms with E-state index >= 15 is 0 Å². The summed E-state index contributed by atoms with van der Waals surface area (Å²) < 4.78 is 0. The van der Waals surface area contributed by atoms with Gasteiger partial charge in [0.15, 0.2) is 0 Å². The fourth-order valence-electron chi connectivity index (χ4n) is 4.35. The molecule has 0 spiro atoms. The van der Waals surface area contributed by atoms with Crippen LogP contribution in [-0.4, -0.2) is 50.3 Å². The number of carbonyl (C=O) groups is 2. The summed E-state index contributed by atoms with van der Waals surface area (Å²) in [5.74, 6) is 2.62. The third kappa shape index (κ3) is 14.9. The van der Waals surface area contributed by atoms with E-state index in [4.69, 9.17) is 18.0 Å². The number of terminal acetylenes is 1. The lowest BCUT2D eigenvalue weighted by molar-refractivity contribution is -0.123. The summed E-state index contributed by atoms with van der Waals surface area (Å²) in [5, 5.41) is 6.34. The molecule has 1 saturated heterocycles. The molecule has 42 heavy (non-hydrogen) atoms. The summed E-state index contributed by atoms with van der Waals surface area (Å²) in [6.07, 6.45) is 12.1. The predicted octanol–water partition coefficient (Wildman–Crippen LogP) is 7.79. The minimum Gasteiger partial charge on any atom is -0.388 e. The Kier molecular flexibility index (Phi) is 19.1. The van der Waals surface area contributed by atoms with E-state index in [1.165, 1.54) is 47.9 Å². The first kappa shape index (κ1) is 36.4. The number of nitrogens with one attached hydrogen (secondary N) is 2. The Morgan fingerprint density at radius 2 is 1.69 bits per heavy atom. The summed E-state index contributed by atoms with van der Waals surface area (Å²) in [6.45, 7) is 10.8. The van der Waals surface area contributed by atoms with Crippen molar-refractivity contribution < 1.29 is 9.59 Å². The van der Waals surface area contributed by atoms with E-state index in [0.717, 1.165) is 35.8 Å². The Morgan fingerprint density at radius 3 is 2.26 bits per heavy atom. The number of carbonyl (C=O) groups excluding carboxylic acids is 2. The van der Waals surface area contributed by atoms with Crippen LogP contribution in [0.3, 0.4) is 0 Å². The fourth-order valence-corrected chi connectivity index (χ4v) is 4.64. The second-order valence-corrected chi connectivity index (χ2v) is 10.2. The lowest BCUT2D eigenvalue weighted by Crippen LogP contribution is -2.40. The van der Waals surface area contributed by atoms with Crippen molar-refractivity contribution in [2.24, 2.45) is 0 Å². The van der Waals surface area contributed by atoms with Crippen LogP contribution in [0.25, 0.3) is 11.1 Å². The average molecular weight is 590 g/mol. The lowest BCUT2D eigenvalue weighted by Gasteiger charge is -2.25. The van der Waals surface area contributed by atoms with Crippen molar-refractivity contribution in [3.05, 3.63) is 88.4 Å². The van der Waals surface area contributed by atoms with Gasteiger partial charge in [-0.2, -0.15) is 0 Å². The van der Waals surface area contributed by atoms with Gasteiger partial charge in [0.2, 0.25) is 5.91 Å². The maximum atomic E-state index is 11.2. The molecule has 0 aliphatic carbocycles. The van der Waals surface area contributed by atoms with Crippen molar-refractivity contribution >= 4 is 29.5 Å². The minimum absolute atomic E-state index is 0.0472. The quantitative estimate of drug-likeness (QED) is 0.208. The van der Waals surface area contributed by atoms with Gasteiger partial charge in [-0.1, -0.05) is 87.5 Å². The highest BCUT2D eigenvalue weighted by Gasteiger charge is 2.12. The number of amides is 1. The Bertz CT molecular complexity index is 1210. The Morgan fingerprint density at radius 1 is 1.00 bits per heavy atom. The molecule has 6 heteroatoms. The standard InChI is InChI=1S/C17H16.C9H16N2O2.C8H10ClN.C2H6/c1-3-6-15-9-11-16(12-10-15)17-8-5-7-14(4-2)13-17;12-7-4-10-9(13)8-11-5-2-1-3-6-11;1-6-3-7(9)5-8(4-6)10-2;1-2/h2,5,7-13H,3,6H2,1H3;7H,1-6,8H2,(H,10,13);3-5,10H,1-2H3;1-2H3. The first-order valence-electron chi connectivity index (χ1n) is 14.9. The van der Waals surface area contributed by atoms with E-state index in [2.05, 4.69) is 64.8 Å². The summed E-state index contributed by atoms with van der Waals surface area (Å²) in [7, 11) is 1.88. The van der Waals surface area contributed by atoms with Gasteiger partial charge in [0.1, 0.15) is 6.29 Å². The molecule has 0 bridgehead atoms. The van der Waals surface area contributed by atoms with Gasteiger partial charge in [-0.3, -0.25) is 9.69 Å². The number of rotatable bonds is 8. The first-order chi connectivity index (χ1) is 20.4. The van der Waals surface area contributed by atoms with Crippen molar-refractivity contribution in [2.45, 2.75) is 59.8 Å². The van der Waals surface area contributed by atoms with Crippen LogP contribution in [0, 0.1) is 19.3 Å². The molecule has 0 aromatic heterocycles. The van der Waals surface area contributed by atoms with Gasteiger partial charge in [-0.25, -0.2) is 0 Å². The zero-order chi connectivity index (χ0) is 31.2. The second kappa shape index (κ2) is 22.1. The number of anilines is 1.